The van der Waals surface area contributed by atoms with E-state index in [2.05, 4.69) is 9.97 Å². The number of oxazole rings is 2. The zero-order valence-corrected chi connectivity index (χ0v) is 16.9. The molecular formula is C26H18N4O2. The summed E-state index contributed by atoms with van der Waals surface area (Å²) in [6.45, 7) is 0. The van der Waals surface area contributed by atoms with E-state index in [1.807, 2.05) is 84.9 Å². The molecule has 6 rings (SSSR count). The molecule has 2 heterocycles. The summed E-state index contributed by atoms with van der Waals surface area (Å²) in [7, 11) is 0. The molecule has 0 atom stereocenters. The summed E-state index contributed by atoms with van der Waals surface area (Å²) < 4.78 is 11.9. The van der Waals surface area contributed by atoms with Crippen molar-refractivity contribution in [2.45, 2.75) is 0 Å². The van der Waals surface area contributed by atoms with Crippen molar-refractivity contribution in [2.24, 2.45) is 0 Å². The molecule has 0 radical (unpaired) electrons. The third-order valence-electron chi connectivity index (χ3n) is 5.48. The summed E-state index contributed by atoms with van der Waals surface area (Å²) in [4.78, 5) is 9.19. The van der Waals surface area contributed by atoms with Crippen molar-refractivity contribution in [1.29, 1.82) is 0 Å². The van der Waals surface area contributed by atoms with Crippen LogP contribution in [0.15, 0.2) is 93.8 Å². The van der Waals surface area contributed by atoms with Crippen LogP contribution >= 0.6 is 0 Å². The Morgan fingerprint density at radius 3 is 1.41 bits per heavy atom. The Hall–Kier alpha value is -4.58. The molecule has 0 spiro atoms. The summed E-state index contributed by atoms with van der Waals surface area (Å²) in [5.74, 6) is 1.06. The first-order chi connectivity index (χ1) is 15.7. The van der Waals surface area contributed by atoms with Crippen LogP contribution in [0.4, 0.5) is 11.4 Å². The highest BCUT2D eigenvalue weighted by atomic mass is 16.4. The molecule has 0 amide bonds. The molecule has 6 aromatic rings. The second-order valence-electron chi connectivity index (χ2n) is 7.58. The van der Waals surface area contributed by atoms with Crippen molar-refractivity contribution in [1.82, 2.24) is 9.97 Å². The van der Waals surface area contributed by atoms with Crippen LogP contribution in [0.2, 0.25) is 0 Å². The average Bonchev–Trinajstić information content (AvgIpc) is 3.44. The van der Waals surface area contributed by atoms with E-state index in [-0.39, 0.29) is 0 Å². The lowest BCUT2D eigenvalue weighted by molar-refractivity contribution is 0.619. The van der Waals surface area contributed by atoms with Crippen LogP contribution in [-0.4, -0.2) is 9.97 Å². The van der Waals surface area contributed by atoms with Gasteiger partial charge in [-0.2, -0.15) is 0 Å². The fraction of sp³-hybridized carbons (Fsp3) is 0. The molecule has 0 aliphatic heterocycles. The minimum Gasteiger partial charge on any atom is -0.436 e. The van der Waals surface area contributed by atoms with Gasteiger partial charge < -0.3 is 20.3 Å². The van der Waals surface area contributed by atoms with Crippen LogP contribution in [0, 0.1) is 0 Å². The van der Waals surface area contributed by atoms with Crippen LogP contribution in [-0.2, 0) is 0 Å². The van der Waals surface area contributed by atoms with Crippen LogP contribution in [0.25, 0.3) is 56.2 Å². The van der Waals surface area contributed by atoms with E-state index in [1.165, 1.54) is 0 Å². The number of nitrogens with two attached hydrogens (primary N) is 2. The Morgan fingerprint density at radius 2 is 0.969 bits per heavy atom. The van der Waals surface area contributed by atoms with Gasteiger partial charge in [-0.25, -0.2) is 9.97 Å². The highest BCUT2D eigenvalue weighted by Crippen LogP contribution is 2.37. The van der Waals surface area contributed by atoms with Gasteiger partial charge in [-0.3, -0.25) is 0 Å². The Kier molecular flexibility index (Phi) is 3.98. The van der Waals surface area contributed by atoms with Gasteiger partial charge in [0, 0.05) is 33.6 Å². The van der Waals surface area contributed by atoms with Crippen molar-refractivity contribution in [2.75, 3.05) is 11.5 Å². The molecule has 6 nitrogen and oxygen atoms in total. The third-order valence-corrected chi connectivity index (χ3v) is 5.48. The number of anilines is 2. The molecule has 154 valence electrons. The van der Waals surface area contributed by atoms with Gasteiger partial charge in [0.05, 0.1) is 0 Å². The Morgan fingerprint density at radius 1 is 0.531 bits per heavy atom. The molecule has 0 bridgehead atoms. The van der Waals surface area contributed by atoms with E-state index in [0.717, 1.165) is 44.5 Å². The monoisotopic (exact) mass is 418 g/mol. The first-order valence-electron chi connectivity index (χ1n) is 10.2. The number of para-hydroxylation sites is 4. The molecule has 0 fully saturated rings. The maximum absolute atomic E-state index is 6.35. The molecule has 2 aromatic heterocycles. The van der Waals surface area contributed by atoms with E-state index >= 15 is 0 Å². The number of nitrogen functional groups attached to an aromatic ring is 2. The first kappa shape index (κ1) is 18.2. The van der Waals surface area contributed by atoms with Crippen LogP contribution in [0.1, 0.15) is 0 Å². The Labute approximate surface area is 183 Å². The van der Waals surface area contributed by atoms with Gasteiger partial charge in [-0.1, -0.05) is 24.3 Å². The second kappa shape index (κ2) is 6.99. The predicted molar refractivity (Wildman–Crippen MR) is 127 cm³/mol. The SMILES string of the molecule is Nc1ccc(-c2nc3ccccc3o2)cc1-c1cc(-c2nc3ccccc3o2)ccc1N. The molecule has 0 aliphatic carbocycles. The zero-order valence-electron chi connectivity index (χ0n) is 16.9. The quantitative estimate of drug-likeness (QED) is 0.335. The molecular weight excluding hydrogens is 400 g/mol. The molecule has 0 saturated heterocycles. The normalized spacial score (nSPS) is 11.4. The van der Waals surface area contributed by atoms with Gasteiger partial charge in [0.2, 0.25) is 11.8 Å². The fourth-order valence-electron chi connectivity index (χ4n) is 3.84. The number of hydrogen-bond acceptors (Lipinski definition) is 6. The van der Waals surface area contributed by atoms with Gasteiger partial charge in [0.1, 0.15) is 11.0 Å². The molecule has 0 saturated carbocycles. The van der Waals surface area contributed by atoms with Gasteiger partial charge >= 0.3 is 0 Å². The third kappa shape index (κ3) is 2.97. The zero-order chi connectivity index (χ0) is 21.7. The van der Waals surface area contributed by atoms with Gasteiger partial charge in [-0.05, 0) is 60.7 Å². The van der Waals surface area contributed by atoms with Crippen molar-refractivity contribution in [3.63, 3.8) is 0 Å². The van der Waals surface area contributed by atoms with E-state index in [4.69, 9.17) is 20.3 Å². The van der Waals surface area contributed by atoms with Crippen molar-refractivity contribution >= 4 is 33.6 Å². The molecule has 0 aliphatic rings. The van der Waals surface area contributed by atoms with Gasteiger partial charge in [-0.15, -0.1) is 0 Å². The van der Waals surface area contributed by atoms with E-state index in [0.29, 0.717) is 23.2 Å². The van der Waals surface area contributed by atoms with Crippen molar-refractivity contribution in [3.8, 4) is 34.0 Å². The first-order valence-corrected chi connectivity index (χ1v) is 10.2. The van der Waals surface area contributed by atoms with Gasteiger partial charge in [0.25, 0.3) is 0 Å². The molecule has 32 heavy (non-hydrogen) atoms. The smallest absolute Gasteiger partial charge is 0.227 e. The molecule has 4 N–H and O–H groups in total. The fourth-order valence-corrected chi connectivity index (χ4v) is 3.84. The standard InChI is InChI=1S/C26H18N4O2/c27-19-11-9-15(25-29-21-5-1-3-7-23(21)31-25)13-17(19)18-14-16(10-12-20(18)28)26-30-22-6-2-4-8-24(22)32-26/h1-14H,27-28H2. The van der Waals surface area contributed by atoms with Crippen molar-refractivity contribution in [3.05, 3.63) is 84.9 Å². The largest absolute Gasteiger partial charge is 0.436 e. The average molecular weight is 418 g/mol. The van der Waals surface area contributed by atoms with Crippen LogP contribution < -0.4 is 11.5 Å². The predicted octanol–water partition coefficient (Wildman–Crippen LogP) is 6.13. The van der Waals surface area contributed by atoms with E-state index < -0.39 is 0 Å². The summed E-state index contributed by atoms with van der Waals surface area (Å²) in [5, 5.41) is 0. The van der Waals surface area contributed by atoms with Crippen molar-refractivity contribution < 1.29 is 8.83 Å². The summed E-state index contributed by atoms with van der Waals surface area (Å²) in [5.41, 5.74) is 20.2. The van der Waals surface area contributed by atoms with E-state index in [1.54, 1.807) is 0 Å². The molecule has 4 aromatic carbocycles. The number of benzene rings is 4. The number of rotatable bonds is 3. The number of hydrogen-bond donors (Lipinski definition) is 2. The summed E-state index contributed by atoms with van der Waals surface area (Å²) >= 11 is 0. The van der Waals surface area contributed by atoms with Crippen LogP contribution in [0.3, 0.4) is 0 Å². The van der Waals surface area contributed by atoms with E-state index in [9.17, 15) is 0 Å². The van der Waals surface area contributed by atoms with Crippen LogP contribution in [0.5, 0.6) is 0 Å². The summed E-state index contributed by atoms with van der Waals surface area (Å²) in [6, 6.07) is 26.7. The lowest BCUT2D eigenvalue weighted by Crippen LogP contribution is -1.96. The second-order valence-corrected chi connectivity index (χ2v) is 7.58. The molecule has 6 heteroatoms. The molecule has 0 unspecified atom stereocenters. The lowest BCUT2D eigenvalue weighted by atomic mass is 9.97. The Bertz CT molecular complexity index is 1430. The highest BCUT2D eigenvalue weighted by molar-refractivity contribution is 5.89. The minimum atomic E-state index is 0.529. The lowest BCUT2D eigenvalue weighted by Gasteiger charge is -2.11. The Balaban J connectivity index is 1.47. The summed E-state index contributed by atoms with van der Waals surface area (Å²) in [6.07, 6.45) is 0. The number of nitrogens with zero attached hydrogens (tertiary/aromatic N) is 2. The maximum atomic E-state index is 6.35. The number of fused-ring (bicyclic) bond motifs is 2. The topological polar surface area (TPSA) is 104 Å². The maximum Gasteiger partial charge on any atom is 0.227 e. The minimum absolute atomic E-state index is 0.529. The highest BCUT2D eigenvalue weighted by Gasteiger charge is 2.15. The number of aromatic nitrogens is 2. The van der Waals surface area contributed by atoms with Gasteiger partial charge in [0.15, 0.2) is 11.2 Å².